The fourth-order valence-corrected chi connectivity index (χ4v) is 3.45. The molecule has 0 spiro atoms. The summed E-state index contributed by atoms with van der Waals surface area (Å²) in [5.74, 6) is 0.734. The second kappa shape index (κ2) is 7.27. The van der Waals surface area contributed by atoms with Gasteiger partial charge in [0, 0.05) is 22.8 Å². The number of piperidine rings is 1. The number of nitrogens with one attached hydrogen (secondary N) is 1. The molecule has 2 heterocycles. The molecule has 2 nitrogen and oxygen atoms in total. The van der Waals surface area contributed by atoms with Gasteiger partial charge in [-0.2, -0.15) is 0 Å². The van der Waals surface area contributed by atoms with Crippen molar-refractivity contribution >= 4 is 11.3 Å². The zero-order chi connectivity index (χ0) is 12.8. The molecule has 3 heteroatoms. The van der Waals surface area contributed by atoms with Crippen molar-refractivity contribution in [3.63, 3.8) is 0 Å². The summed E-state index contributed by atoms with van der Waals surface area (Å²) < 4.78 is 0. The van der Waals surface area contributed by atoms with Gasteiger partial charge in [0.1, 0.15) is 0 Å². The zero-order valence-corrected chi connectivity index (χ0v) is 12.6. The van der Waals surface area contributed by atoms with Gasteiger partial charge in [0.25, 0.3) is 0 Å². The van der Waals surface area contributed by atoms with Crippen molar-refractivity contribution in [1.82, 2.24) is 10.2 Å². The lowest BCUT2D eigenvalue weighted by Gasteiger charge is -2.25. The molecule has 0 atom stereocenters. The van der Waals surface area contributed by atoms with Crippen LogP contribution in [0.1, 0.15) is 42.9 Å². The van der Waals surface area contributed by atoms with Gasteiger partial charge in [-0.3, -0.25) is 4.90 Å². The third-order valence-corrected chi connectivity index (χ3v) is 4.47. The van der Waals surface area contributed by atoms with Gasteiger partial charge >= 0.3 is 0 Å². The summed E-state index contributed by atoms with van der Waals surface area (Å²) in [6.07, 6.45) is 4.19. The van der Waals surface area contributed by atoms with Gasteiger partial charge in [0.2, 0.25) is 0 Å². The van der Waals surface area contributed by atoms with Crippen molar-refractivity contribution in [2.45, 2.75) is 46.2 Å². The first-order valence-electron chi connectivity index (χ1n) is 7.24. The molecule has 0 aliphatic carbocycles. The summed E-state index contributed by atoms with van der Waals surface area (Å²) in [6.45, 7) is 10.4. The Kier molecular flexibility index (Phi) is 5.67. The summed E-state index contributed by atoms with van der Waals surface area (Å²) in [4.78, 5) is 5.60. The van der Waals surface area contributed by atoms with Crippen LogP contribution in [0.25, 0.3) is 0 Å². The van der Waals surface area contributed by atoms with E-state index in [-0.39, 0.29) is 0 Å². The van der Waals surface area contributed by atoms with E-state index >= 15 is 0 Å². The number of nitrogens with zero attached hydrogens (tertiary/aromatic N) is 1. The van der Waals surface area contributed by atoms with E-state index in [0.29, 0.717) is 0 Å². The first-order chi connectivity index (χ1) is 8.74. The van der Waals surface area contributed by atoms with Crippen LogP contribution in [0, 0.1) is 5.92 Å². The lowest BCUT2D eigenvalue weighted by atomic mass is 10.1. The third-order valence-electron chi connectivity index (χ3n) is 3.40. The Morgan fingerprint density at radius 3 is 2.61 bits per heavy atom. The van der Waals surface area contributed by atoms with Gasteiger partial charge in [-0.15, -0.1) is 11.3 Å². The average molecular weight is 266 g/mol. The van der Waals surface area contributed by atoms with Crippen molar-refractivity contribution in [2.75, 3.05) is 19.6 Å². The Hall–Kier alpha value is -0.380. The smallest absolute Gasteiger partial charge is 0.0328 e. The van der Waals surface area contributed by atoms with Crippen LogP contribution in [0.2, 0.25) is 0 Å². The van der Waals surface area contributed by atoms with Crippen molar-refractivity contribution in [2.24, 2.45) is 5.92 Å². The summed E-state index contributed by atoms with van der Waals surface area (Å²) in [5.41, 5.74) is 0. The first-order valence-corrected chi connectivity index (χ1v) is 8.06. The number of hydrogen-bond donors (Lipinski definition) is 1. The Bertz CT molecular complexity index is 340. The monoisotopic (exact) mass is 266 g/mol. The molecule has 0 bridgehead atoms. The molecule has 1 aliphatic rings. The van der Waals surface area contributed by atoms with Crippen molar-refractivity contribution in [3.05, 3.63) is 21.9 Å². The van der Waals surface area contributed by atoms with Gasteiger partial charge < -0.3 is 5.32 Å². The second-order valence-electron chi connectivity index (χ2n) is 5.73. The molecule has 1 aromatic rings. The van der Waals surface area contributed by atoms with E-state index < -0.39 is 0 Å². The molecule has 0 radical (unpaired) electrons. The minimum atomic E-state index is 0.734. The Morgan fingerprint density at radius 2 is 1.89 bits per heavy atom. The number of hydrogen-bond acceptors (Lipinski definition) is 3. The molecule has 0 saturated carbocycles. The zero-order valence-electron chi connectivity index (χ0n) is 11.7. The molecule has 2 rings (SSSR count). The summed E-state index contributed by atoms with van der Waals surface area (Å²) in [7, 11) is 0. The number of likely N-dealkylation sites (tertiary alicyclic amines) is 1. The highest BCUT2D eigenvalue weighted by Gasteiger charge is 2.11. The van der Waals surface area contributed by atoms with E-state index in [1.807, 2.05) is 11.3 Å². The summed E-state index contributed by atoms with van der Waals surface area (Å²) in [6, 6.07) is 4.60. The topological polar surface area (TPSA) is 15.3 Å². The van der Waals surface area contributed by atoms with Crippen LogP contribution >= 0.6 is 11.3 Å². The maximum Gasteiger partial charge on any atom is 0.0328 e. The van der Waals surface area contributed by atoms with Crippen LogP contribution < -0.4 is 5.32 Å². The van der Waals surface area contributed by atoms with E-state index in [1.165, 1.54) is 42.1 Å². The van der Waals surface area contributed by atoms with Crippen LogP contribution in [-0.4, -0.2) is 24.5 Å². The fourth-order valence-electron chi connectivity index (χ4n) is 2.42. The van der Waals surface area contributed by atoms with Crippen molar-refractivity contribution in [3.8, 4) is 0 Å². The molecule has 1 fully saturated rings. The molecular formula is C15H26N2S. The quantitative estimate of drug-likeness (QED) is 0.848. The molecule has 102 valence electrons. The molecule has 1 N–H and O–H groups in total. The highest BCUT2D eigenvalue weighted by Crippen LogP contribution is 2.20. The first kappa shape index (κ1) is 14.0. The van der Waals surface area contributed by atoms with E-state index in [1.54, 1.807) is 0 Å². The molecule has 1 aromatic heterocycles. The third kappa shape index (κ3) is 4.71. The molecule has 1 saturated heterocycles. The molecular weight excluding hydrogens is 240 g/mol. The predicted octanol–water partition coefficient (Wildman–Crippen LogP) is 3.48. The predicted molar refractivity (Wildman–Crippen MR) is 80.0 cm³/mol. The van der Waals surface area contributed by atoms with Crippen molar-refractivity contribution in [1.29, 1.82) is 0 Å². The highest BCUT2D eigenvalue weighted by atomic mass is 32.1. The maximum absolute atomic E-state index is 3.51. The molecule has 0 aromatic carbocycles. The van der Waals surface area contributed by atoms with Gasteiger partial charge in [0.05, 0.1) is 0 Å². The minimum Gasteiger partial charge on any atom is -0.312 e. The van der Waals surface area contributed by atoms with Crippen LogP contribution in [0.5, 0.6) is 0 Å². The normalized spacial score (nSPS) is 17.5. The second-order valence-corrected chi connectivity index (χ2v) is 6.98. The van der Waals surface area contributed by atoms with Gasteiger partial charge in [-0.05, 0) is 50.5 Å². The lowest BCUT2D eigenvalue weighted by Crippen LogP contribution is -2.28. The largest absolute Gasteiger partial charge is 0.312 e. The SMILES string of the molecule is CC(C)CNCc1ccc(CN2CCCCC2)s1. The molecule has 1 aliphatic heterocycles. The van der Waals surface area contributed by atoms with Crippen LogP contribution in [-0.2, 0) is 13.1 Å². The van der Waals surface area contributed by atoms with Gasteiger partial charge in [-0.1, -0.05) is 20.3 Å². The minimum absolute atomic E-state index is 0.734. The Balaban J connectivity index is 1.74. The van der Waals surface area contributed by atoms with E-state index in [4.69, 9.17) is 0 Å². The van der Waals surface area contributed by atoms with E-state index in [0.717, 1.165) is 25.6 Å². The average Bonchev–Trinajstić information content (AvgIpc) is 2.78. The maximum atomic E-state index is 3.51. The fraction of sp³-hybridized carbons (Fsp3) is 0.733. The van der Waals surface area contributed by atoms with Gasteiger partial charge in [0.15, 0.2) is 0 Å². The van der Waals surface area contributed by atoms with E-state index in [9.17, 15) is 0 Å². The summed E-state index contributed by atoms with van der Waals surface area (Å²) >= 11 is 1.97. The van der Waals surface area contributed by atoms with Crippen molar-refractivity contribution < 1.29 is 0 Å². The standard InChI is InChI=1S/C15H26N2S/c1-13(2)10-16-11-14-6-7-15(18-14)12-17-8-4-3-5-9-17/h6-7,13,16H,3-5,8-12H2,1-2H3. The molecule has 0 amide bonds. The number of thiophene rings is 1. The van der Waals surface area contributed by atoms with Crippen LogP contribution in [0.15, 0.2) is 12.1 Å². The Labute approximate surface area is 115 Å². The van der Waals surface area contributed by atoms with Crippen LogP contribution in [0.3, 0.4) is 0 Å². The van der Waals surface area contributed by atoms with Gasteiger partial charge in [-0.25, -0.2) is 0 Å². The molecule has 0 unspecified atom stereocenters. The summed E-state index contributed by atoms with van der Waals surface area (Å²) in [5, 5.41) is 3.51. The van der Waals surface area contributed by atoms with Crippen LogP contribution in [0.4, 0.5) is 0 Å². The number of rotatable bonds is 6. The molecule has 18 heavy (non-hydrogen) atoms. The highest BCUT2D eigenvalue weighted by molar-refractivity contribution is 7.11. The van der Waals surface area contributed by atoms with E-state index in [2.05, 4.69) is 36.2 Å². The Morgan fingerprint density at radius 1 is 1.17 bits per heavy atom. The lowest BCUT2D eigenvalue weighted by molar-refractivity contribution is 0.222.